The zero-order valence-electron chi connectivity index (χ0n) is 6.70. The third-order valence-corrected chi connectivity index (χ3v) is 3.49. The van der Waals surface area contributed by atoms with Crippen LogP contribution in [0, 0.1) is 0 Å². The lowest BCUT2D eigenvalue weighted by Gasteiger charge is -2.10. The average molecular weight is 180 g/mol. The second-order valence-electron chi connectivity index (χ2n) is 3.58. The maximum absolute atomic E-state index is 6.17. The molecule has 2 heteroatoms. The van der Waals surface area contributed by atoms with Crippen molar-refractivity contribution in [2.45, 2.75) is 24.9 Å². The highest BCUT2D eigenvalue weighted by molar-refractivity contribution is 6.14. The van der Waals surface area contributed by atoms with Crippen LogP contribution >= 0.6 is 11.8 Å². The zero-order valence-corrected chi connectivity index (χ0v) is 7.46. The highest BCUT2D eigenvalue weighted by atomic mass is 35.5. The van der Waals surface area contributed by atoms with Crippen LogP contribution in [0.25, 0.3) is 0 Å². The minimum Gasteiger partial charge on any atom is -0.205 e. The fourth-order valence-corrected chi connectivity index (χ4v) is 2.88. The summed E-state index contributed by atoms with van der Waals surface area (Å²) in [5.74, 6) is 0. The second-order valence-corrected chi connectivity index (χ2v) is 3.97. The monoisotopic (exact) mass is 179 g/mol. The summed E-state index contributed by atoms with van der Waals surface area (Å²) in [6, 6.07) is 9.60. The number of nitrogens with zero attached hydrogens (tertiary/aromatic N) is 1. The molecule has 62 valence electrons. The summed E-state index contributed by atoms with van der Waals surface area (Å²) in [4.78, 5) is 0. The van der Waals surface area contributed by atoms with E-state index in [1.807, 2.05) is 4.42 Å². The molecule has 0 spiro atoms. The Morgan fingerprint density at radius 2 is 1.58 bits per heavy atom. The van der Waals surface area contributed by atoms with Gasteiger partial charge in [-0.15, -0.1) is 0 Å². The molecule has 2 aliphatic heterocycles. The first-order valence-electron chi connectivity index (χ1n) is 4.41. The highest BCUT2D eigenvalue weighted by Crippen LogP contribution is 2.53. The Kier molecular flexibility index (Phi) is 1.29. The first-order chi connectivity index (χ1) is 5.88. The third-order valence-electron chi connectivity index (χ3n) is 3.02. The Morgan fingerprint density at radius 3 is 2.08 bits per heavy atom. The number of fused-ring (bicyclic) bond motifs is 5. The topological polar surface area (TPSA) is 3.24 Å². The third kappa shape index (κ3) is 0.686. The fourth-order valence-electron chi connectivity index (χ4n) is 2.47. The Hall–Kier alpha value is -0.530. The molecule has 0 aromatic heterocycles. The summed E-state index contributed by atoms with van der Waals surface area (Å²) >= 11 is 6.17. The van der Waals surface area contributed by atoms with E-state index in [0.29, 0.717) is 12.1 Å². The van der Waals surface area contributed by atoms with E-state index in [2.05, 4.69) is 24.3 Å². The molecule has 1 nitrogen and oxygen atoms in total. The van der Waals surface area contributed by atoms with Gasteiger partial charge in [-0.1, -0.05) is 24.3 Å². The van der Waals surface area contributed by atoms with Gasteiger partial charge in [-0.05, 0) is 35.7 Å². The van der Waals surface area contributed by atoms with Gasteiger partial charge < -0.3 is 0 Å². The van der Waals surface area contributed by atoms with Crippen LogP contribution in [0.5, 0.6) is 0 Å². The van der Waals surface area contributed by atoms with Gasteiger partial charge in [-0.25, -0.2) is 4.42 Å². The Balaban J connectivity index is 2.21. The Bertz CT molecular complexity index is 292. The highest BCUT2D eigenvalue weighted by Gasteiger charge is 2.42. The van der Waals surface area contributed by atoms with E-state index in [-0.39, 0.29) is 0 Å². The summed E-state index contributed by atoms with van der Waals surface area (Å²) in [6.45, 7) is 0. The number of hydrogen-bond donors (Lipinski definition) is 0. The minimum absolute atomic E-state index is 0.493. The minimum atomic E-state index is 0.493. The molecule has 2 bridgehead atoms. The molecule has 2 heterocycles. The second kappa shape index (κ2) is 2.24. The number of halogens is 1. The van der Waals surface area contributed by atoms with Gasteiger partial charge in [0.05, 0.1) is 12.1 Å². The predicted molar refractivity (Wildman–Crippen MR) is 48.9 cm³/mol. The van der Waals surface area contributed by atoms with Crippen molar-refractivity contribution in [1.82, 2.24) is 4.42 Å². The van der Waals surface area contributed by atoms with Crippen molar-refractivity contribution in [2.75, 3.05) is 0 Å². The smallest absolute Gasteiger partial charge is 0.0512 e. The molecule has 3 rings (SSSR count). The van der Waals surface area contributed by atoms with Gasteiger partial charge >= 0.3 is 0 Å². The molecule has 2 atom stereocenters. The van der Waals surface area contributed by atoms with E-state index in [1.165, 1.54) is 24.0 Å². The maximum Gasteiger partial charge on any atom is 0.0512 e. The molecule has 2 unspecified atom stereocenters. The van der Waals surface area contributed by atoms with Crippen LogP contribution < -0.4 is 0 Å². The van der Waals surface area contributed by atoms with E-state index in [4.69, 9.17) is 11.8 Å². The quantitative estimate of drug-likeness (QED) is 0.554. The predicted octanol–water partition coefficient (Wildman–Crippen LogP) is 3.03. The van der Waals surface area contributed by atoms with Crippen LogP contribution in [0.4, 0.5) is 0 Å². The van der Waals surface area contributed by atoms with Crippen molar-refractivity contribution in [2.24, 2.45) is 0 Å². The van der Waals surface area contributed by atoms with E-state index in [9.17, 15) is 0 Å². The van der Waals surface area contributed by atoms with Crippen molar-refractivity contribution in [3.8, 4) is 0 Å². The molecule has 1 aromatic rings. The summed E-state index contributed by atoms with van der Waals surface area (Å²) < 4.78 is 1.99. The lowest BCUT2D eigenvalue weighted by Crippen LogP contribution is -2.04. The molecule has 0 radical (unpaired) electrons. The summed E-state index contributed by atoms with van der Waals surface area (Å²) in [5.41, 5.74) is 2.90. The lowest BCUT2D eigenvalue weighted by molar-refractivity contribution is 0.399. The number of hydrogen-bond acceptors (Lipinski definition) is 1. The molecule has 0 saturated carbocycles. The molecule has 0 N–H and O–H groups in total. The molecule has 1 saturated heterocycles. The van der Waals surface area contributed by atoms with Crippen LogP contribution in [-0.4, -0.2) is 4.42 Å². The van der Waals surface area contributed by atoms with Crippen LogP contribution in [0.15, 0.2) is 24.3 Å². The van der Waals surface area contributed by atoms with Gasteiger partial charge in [-0.2, -0.15) is 0 Å². The normalized spacial score (nSPS) is 32.4. The van der Waals surface area contributed by atoms with Gasteiger partial charge in [-0.3, -0.25) is 0 Å². The molecule has 1 aromatic carbocycles. The van der Waals surface area contributed by atoms with Crippen molar-refractivity contribution < 1.29 is 0 Å². The Morgan fingerprint density at radius 1 is 1.08 bits per heavy atom. The molecule has 1 fully saturated rings. The van der Waals surface area contributed by atoms with Crippen LogP contribution in [0.3, 0.4) is 0 Å². The van der Waals surface area contributed by atoms with Crippen LogP contribution in [-0.2, 0) is 0 Å². The molecular weight excluding hydrogens is 170 g/mol. The average Bonchev–Trinajstić information content (AvgIpc) is 2.61. The maximum atomic E-state index is 6.17. The number of benzene rings is 1. The van der Waals surface area contributed by atoms with E-state index in [0.717, 1.165) is 0 Å². The van der Waals surface area contributed by atoms with Crippen molar-refractivity contribution >= 4 is 11.8 Å². The molecular formula is C10H10ClN. The molecule has 12 heavy (non-hydrogen) atoms. The first kappa shape index (κ1) is 6.93. The fraction of sp³-hybridized carbons (Fsp3) is 0.400. The molecule has 2 aliphatic rings. The van der Waals surface area contributed by atoms with Gasteiger partial charge in [0.1, 0.15) is 0 Å². The molecule has 0 aliphatic carbocycles. The van der Waals surface area contributed by atoms with Crippen LogP contribution in [0.1, 0.15) is 36.1 Å². The Labute approximate surface area is 77.1 Å². The van der Waals surface area contributed by atoms with Gasteiger partial charge in [0.15, 0.2) is 0 Å². The summed E-state index contributed by atoms with van der Waals surface area (Å²) in [5, 5.41) is 0. The van der Waals surface area contributed by atoms with Gasteiger partial charge in [0.2, 0.25) is 0 Å². The van der Waals surface area contributed by atoms with Crippen molar-refractivity contribution in [1.29, 1.82) is 0 Å². The molecule has 0 amide bonds. The SMILES string of the molecule is ClN1C2CCC1c1ccccc12. The first-order valence-corrected chi connectivity index (χ1v) is 4.74. The van der Waals surface area contributed by atoms with Crippen LogP contribution in [0.2, 0.25) is 0 Å². The lowest BCUT2D eigenvalue weighted by atomic mass is 9.92. The standard InChI is InChI=1S/C10H10ClN/c11-12-9-5-6-10(12)8-4-2-1-3-7(8)9/h1-4,9-10H,5-6H2. The van der Waals surface area contributed by atoms with Gasteiger partial charge in [0, 0.05) is 0 Å². The summed E-state index contributed by atoms with van der Waals surface area (Å²) in [7, 11) is 0. The summed E-state index contributed by atoms with van der Waals surface area (Å²) in [6.07, 6.45) is 2.45. The van der Waals surface area contributed by atoms with E-state index >= 15 is 0 Å². The van der Waals surface area contributed by atoms with Crippen molar-refractivity contribution in [3.63, 3.8) is 0 Å². The largest absolute Gasteiger partial charge is 0.205 e. The number of rotatable bonds is 0. The zero-order chi connectivity index (χ0) is 8.13. The van der Waals surface area contributed by atoms with Crippen molar-refractivity contribution in [3.05, 3.63) is 35.4 Å². The van der Waals surface area contributed by atoms with Gasteiger partial charge in [0.25, 0.3) is 0 Å². The van der Waals surface area contributed by atoms with E-state index in [1.54, 1.807) is 0 Å². The van der Waals surface area contributed by atoms with E-state index < -0.39 is 0 Å².